The molecule has 0 unspecified atom stereocenters. The smallest absolute Gasteiger partial charge is 0.317 e. The first-order chi connectivity index (χ1) is 12.0. The number of benzene rings is 1. The molecule has 1 saturated heterocycles. The third kappa shape index (κ3) is 4.75. The lowest BCUT2D eigenvalue weighted by atomic mass is 10.1. The van der Waals surface area contributed by atoms with Crippen molar-refractivity contribution in [1.82, 2.24) is 14.9 Å². The second-order valence-corrected chi connectivity index (χ2v) is 6.46. The van der Waals surface area contributed by atoms with Gasteiger partial charge in [-0.15, -0.1) is 0 Å². The van der Waals surface area contributed by atoms with Crippen molar-refractivity contribution < 1.29 is 13.9 Å². The van der Waals surface area contributed by atoms with Gasteiger partial charge in [0, 0.05) is 17.9 Å². The second kappa shape index (κ2) is 7.59. The molecule has 2 aromatic rings. The van der Waals surface area contributed by atoms with Crippen molar-refractivity contribution in [3.63, 3.8) is 0 Å². The molecule has 0 spiro atoms. The Balaban J connectivity index is 1.60. The van der Waals surface area contributed by atoms with Crippen LogP contribution in [0, 0.1) is 19.7 Å². The minimum Gasteiger partial charge on any atom is -0.458 e. The van der Waals surface area contributed by atoms with E-state index in [1.165, 1.54) is 12.1 Å². The Hall–Kier alpha value is -2.50. The van der Waals surface area contributed by atoms with Gasteiger partial charge >= 0.3 is 6.01 Å². The highest BCUT2D eigenvalue weighted by Crippen LogP contribution is 2.17. The van der Waals surface area contributed by atoms with Gasteiger partial charge in [-0.25, -0.2) is 14.4 Å². The molecule has 132 valence electrons. The number of aromatic nitrogens is 2. The molecule has 0 bridgehead atoms. The van der Waals surface area contributed by atoms with Gasteiger partial charge < -0.3 is 9.64 Å². The van der Waals surface area contributed by atoms with E-state index in [1.54, 1.807) is 17.0 Å². The molecular formula is C19H22FN3O2. The van der Waals surface area contributed by atoms with Crippen LogP contribution < -0.4 is 4.74 Å². The molecule has 2 heterocycles. The van der Waals surface area contributed by atoms with Crippen molar-refractivity contribution in [1.29, 1.82) is 0 Å². The molecule has 0 saturated carbocycles. The van der Waals surface area contributed by atoms with Crippen molar-refractivity contribution in [3.05, 3.63) is 53.1 Å². The summed E-state index contributed by atoms with van der Waals surface area (Å²) >= 11 is 0. The van der Waals surface area contributed by atoms with Gasteiger partial charge in [-0.1, -0.05) is 12.1 Å². The molecule has 1 aromatic carbocycles. The summed E-state index contributed by atoms with van der Waals surface area (Å²) in [5, 5.41) is 0. The fraction of sp³-hybridized carbons (Fsp3) is 0.421. The predicted molar refractivity (Wildman–Crippen MR) is 91.8 cm³/mol. The molecule has 0 N–H and O–H groups in total. The third-order valence-electron chi connectivity index (χ3n) is 4.23. The van der Waals surface area contributed by atoms with E-state index in [9.17, 15) is 9.18 Å². The second-order valence-electron chi connectivity index (χ2n) is 6.46. The number of carbonyl (C=O) groups excluding carboxylic acids is 1. The van der Waals surface area contributed by atoms with Gasteiger partial charge in [0.25, 0.3) is 0 Å². The Morgan fingerprint density at radius 1 is 1.24 bits per heavy atom. The van der Waals surface area contributed by atoms with Crippen LogP contribution in [0.25, 0.3) is 0 Å². The van der Waals surface area contributed by atoms with Gasteiger partial charge in [-0.3, -0.25) is 4.79 Å². The topological polar surface area (TPSA) is 55.3 Å². The molecule has 1 amide bonds. The van der Waals surface area contributed by atoms with Crippen LogP contribution in [0.1, 0.15) is 29.8 Å². The van der Waals surface area contributed by atoms with Crippen LogP contribution in [0.2, 0.25) is 0 Å². The number of hydrogen-bond donors (Lipinski definition) is 0. The predicted octanol–water partition coefficient (Wildman–Crippen LogP) is 2.85. The summed E-state index contributed by atoms with van der Waals surface area (Å²) in [5.74, 6) is -0.266. The van der Waals surface area contributed by atoms with Gasteiger partial charge in [0.2, 0.25) is 5.91 Å². The summed E-state index contributed by atoms with van der Waals surface area (Å²) in [6, 6.07) is 8.31. The quantitative estimate of drug-likeness (QED) is 0.857. The number of halogens is 1. The van der Waals surface area contributed by atoms with Crippen LogP contribution >= 0.6 is 0 Å². The van der Waals surface area contributed by atoms with Crippen molar-refractivity contribution in [2.75, 3.05) is 13.1 Å². The summed E-state index contributed by atoms with van der Waals surface area (Å²) in [7, 11) is 0. The maximum Gasteiger partial charge on any atom is 0.317 e. The monoisotopic (exact) mass is 343 g/mol. The van der Waals surface area contributed by atoms with E-state index in [4.69, 9.17) is 4.74 Å². The van der Waals surface area contributed by atoms with Crippen LogP contribution in [0.5, 0.6) is 6.01 Å². The zero-order valence-electron chi connectivity index (χ0n) is 14.5. The number of hydrogen-bond acceptors (Lipinski definition) is 4. The largest absolute Gasteiger partial charge is 0.458 e. The van der Waals surface area contributed by atoms with Crippen molar-refractivity contribution in [2.24, 2.45) is 0 Å². The highest BCUT2D eigenvalue weighted by atomic mass is 19.1. The van der Waals surface area contributed by atoms with E-state index in [-0.39, 0.29) is 24.2 Å². The average molecular weight is 343 g/mol. The Labute approximate surface area is 146 Å². The highest BCUT2D eigenvalue weighted by molar-refractivity contribution is 5.78. The number of ether oxygens (including phenoxy) is 1. The molecular weight excluding hydrogens is 321 g/mol. The lowest BCUT2D eigenvalue weighted by Crippen LogP contribution is -2.45. The first-order valence-corrected chi connectivity index (χ1v) is 8.51. The van der Waals surface area contributed by atoms with E-state index in [0.29, 0.717) is 19.1 Å². The number of aryl methyl sites for hydroxylation is 2. The molecule has 6 heteroatoms. The lowest BCUT2D eigenvalue weighted by Gasteiger charge is -2.32. The molecule has 1 fully saturated rings. The zero-order valence-corrected chi connectivity index (χ0v) is 14.5. The van der Waals surface area contributed by atoms with Crippen LogP contribution in [0.15, 0.2) is 30.3 Å². The van der Waals surface area contributed by atoms with Crippen LogP contribution in [-0.4, -0.2) is 40.0 Å². The van der Waals surface area contributed by atoms with E-state index in [1.807, 2.05) is 19.9 Å². The third-order valence-corrected chi connectivity index (χ3v) is 4.23. The zero-order chi connectivity index (χ0) is 17.8. The van der Waals surface area contributed by atoms with E-state index < -0.39 is 0 Å². The standard InChI is InChI=1S/C19H22FN3O2/c1-13-10-14(2)22-19(21-13)25-17-4-3-9-23(12-17)18(24)11-15-5-7-16(20)8-6-15/h5-8,10,17H,3-4,9,11-12H2,1-2H3/t17-/m1/s1. The number of rotatable bonds is 4. The number of amides is 1. The molecule has 1 aliphatic rings. The average Bonchev–Trinajstić information content (AvgIpc) is 2.56. The van der Waals surface area contributed by atoms with E-state index in [2.05, 4.69) is 9.97 Å². The number of carbonyl (C=O) groups is 1. The van der Waals surface area contributed by atoms with Crippen molar-refractivity contribution in [3.8, 4) is 6.01 Å². The van der Waals surface area contributed by atoms with Gasteiger partial charge in [0.15, 0.2) is 0 Å². The maximum atomic E-state index is 13.0. The normalized spacial score (nSPS) is 17.4. The fourth-order valence-corrected chi connectivity index (χ4v) is 3.04. The van der Waals surface area contributed by atoms with Crippen LogP contribution in [0.3, 0.4) is 0 Å². The molecule has 0 radical (unpaired) electrons. The molecule has 5 nitrogen and oxygen atoms in total. The van der Waals surface area contributed by atoms with Crippen LogP contribution in [-0.2, 0) is 11.2 Å². The van der Waals surface area contributed by atoms with Gasteiger partial charge in [-0.05, 0) is 50.5 Å². The summed E-state index contributed by atoms with van der Waals surface area (Å²) in [4.78, 5) is 22.9. The van der Waals surface area contributed by atoms with Crippen LogP contribution in [0.4, 0.5) is 4.39 Å². The lowest BCUT2D eigenvalue weighted by molar-refractivity contribution is -0.133. The Morgan fingerprint density at radius 2 is 1.92 bits per heavy atom. The molecule has 1 aliphatic heterocycles. The maximum absolute atomic E-state index is 13.0. The minimum atomic E-state index is -0.295. The van der Waals surface area contributed by atoms with Gasteiger partial charge in [0.1, 0.15) is 11.9 Å². The Morgan fingerprint density at radius 3 is 2.60 bits per heavy atom. The summed E-state index contributed by atoms with van der Waals surface area (Å²) in [5.41, 5.74) is 2.54. The van der Waals surface area contributed by atoms with Gasteiger partial charge in [0.05, 0.1) is 13.0 Å². The Kier molecular flexibility index (Phi) is 5.26. The van der Waals surface area contributed by atoms with Crippen molar-refractivity contribution >= 4 is 5.91 Å². The minimum absolute atomic E-state index is 0.0289. The molecule has 3 rings (SSSR count). The fourth-order valence-electron chi connectivity index (χ4n) is 3.04. The number of likely N-dealkylation sites (tertiary alicyclic amines) is 1. The number of piperidine rings is 1. The van der Waals surface area contributed by atoms with Crippen molar-refractivity contribution in [2.45, 2.75) is 39.2 Å². The molecule has 25 heavy (non-hydrogen) atoms. The molecule has 0 aliphatic carbocycles. The van der Waals surface area contributed by atoms with Gasteiger partial charge in [-0.2, -0.15) is 0 Å². The first-order valence-electron chi connectivity index (χ1n) is 8.51. The number of nitrogens with zero attached hydrogens (tertiary/aromatic N) is 3. The van der Waals surface area contributed by atoms with E-state index >= 15 is 0 Å². The van der Waals surface area contributed by atoms with E-state index in [0.717, 1.165) is 29.8 Å². The summed E-state index contributed by atoms with van der Waals surface area (Å²) in [6.45, 7) is 5.05. The Bertz CT molecular complexity index is 729. The highest BCUT2D eigenvalue weighted by Gasteiger charge is 2.25. The summed E-state index contributed by atoms with van der Waals surface area (Å²) in [6.07, 6.45) is 1.92. The summed E-state index contributed by atoms with van der Waals surface area (Å²) < 4.78 is 18.9. The first kappa shape index (κ1) is 17.3. The molecule has 1 atom stereocenters. The molecule has 1 aromatic heterocycles. The SMILES string of the molecule is Cc1cc(C)nc(O[C@@H]2CCCN(C(=O)Cc3ccc(F)cc3)C2)n1.